The van der Waals surface area contributed by atoms with E-state index in [0.717, 1.165) is 0 Å². The van der Waals surface area contributed by atoms with Gasteiger partial charge in [-0.25, -0.2) is 4.98 Å². The number of benzene rings is 2. The molecule has 0 spiro atoms. The second-order valence-corrected chi connectivity index (χ2v) is 7.25. The number of aromatic nitrogens is 1. The molecule has 0 saturated carbocycles. The lowest BCUT2D eigenvalue weighted by Crippen LogP contribution is -2.19. The highest BCUT2D eigenvalue weighted by Crippen LogP contribution is 2.25. The Labute approximate surface area is 190 Å². The van der Waals surface area contributed by atoms with Crippen LogP contribution in [0, 0.1) is 5.41 Å². The van der Waals surface area contributed by atoms with Gasteiger partial charge in [-0.3, -0.25) is 9.59 Å². The smallest absolute Gasteiger partial charge is 0.259 e. The number of nitrogens with one attached hydrogen (secondary N) is 4. The molecule has 0 radical (unpaired) electrons. The maximum atomic E-state index is 13.0. The first kappa shape index (κ1) is 22.8. The number of carbonyl (C=O) groups excluding carboxylic acids is 2. The number of hydrogen-bond acceptors (Lipinski definition) is 6. The molecule has 4 N–H and O–H groups in total. The van der Waals surface area contributed by atoms with E-state index in [4.69, 9.17) is 21.7 Å². The van der Waals surface area contributed by atoms with Crippen LogP contribution in [0.3, 0.4) is 0 Å². The Kier molecular flexibility index (Phi) is 7.07. The predicted octanol–water partition coefficient (Wildman–Crippen LogP) is 4.68. The third-order valence-electron chi connectivity index (χ3n) is 4.66. The molecule has 0 fully saturated rings. The molecule has 3 aromatic rings. The Bertz CT molecular complexity index is 1180. The van der Waals surface area contributed by atoms with E-state index in [-0.39, 0.29) is 5.56 Å². The van der Waals surface area contributed by atoms with Gasteiger partial charge in [0.1, 0.15) is 11.6 Å². The molecular weight excluding hydrogens is 430 g/mol. The summed E-state index contributed by atoms with van der Waals surface area (Å²) < 4.78 is 5.23. The van der Waals surface area contributed by atoms with Crippen molar-refractivity contribution >= 4 is 46.3 Å². The van der Waals surface area contributed by atoms with Crippen molar-refractivity contribution in [2.45, 2.75) is 6.92 Å². The van der Waals surface area contributed by atoms with E-state index in [9.17, 15) is 9.59 Å². The minimum Gasteiger partial charge on any atom is -0.497 e. The van der Waals surface area contributed by atoms with Crippen LogP contribution in [0.2, 0.25) is 5.02 Å². The average Bonchev–Trinajstić information content (AvgIpc) is 2.80. The summed E-state index contributed by atoms with van der Waals surface area (Å²) in [5.74, 6) is -0.112. The van der Waals surface area contributed by atoms with Crippen molar-refractivity contribution in [1.29, 1.82) is 5.41 Å². The van der Waals surface area contributed by atoms with Crippen LogP contribution in [0.25, 0.3) is 0 Å². The van der Waals surface area contributed by atoms with Gasteiger partial charge in [0.15, 0.2) is 0 Å². The number of carbonyl (C=O) groups is 2. The van der Waals surface area contributed by atoms with Crippen LogP contribution in [-0.2, 0) is 0 Å². The van der Waals surface area contributed by atoms with Crippen LogP contribution in [0.5, 0.6) is 5.75 Å². The molecule has 2 aromatic carbocycles. The lowest BCUT2D eigenvalue weighted by Gasteiger charge is -2.15. The van der Waals surface area contributed by atoms with Gasteiger partial charge in [-0.05, 0) is 55.0 Å². The van der Waals surface area contributed by atoms with Gasteiger partial charge in [0.05, 0.1) is 28.9 Å². The molecule has 1 heterocycles. The number of hydrogen-bond donors (Lipinski definition) is 4. The molecule has 0 unspecified atom stereocenters. The topological polar surface area (TPSA) is 116 Å². The molecule has 0 aliphatic carbocycles. The molecule has 32 heavy (non-hydrogen) atoms. The molecule has 9 heteroatoms. The SMILES string of the molecule is CNc1cc(C(C)=N)ccc1C(=O)Nc1ccc(OC)cc1C(=O)Nc1ccc(Cl)cn1. The van der Waals surface area contributed by atoms with Crippen LogP contribution >= 0.6 is 11.6 Å². The first-order valence-electron chi connectivity index (χ1n) is 9.62. The fraction of sp³-hybridized carbons (Fsp3) is 0.130. The van der Waals surface area contributed by atoms with Gasteiger partial charge in [-0.1, -0.05) is 17.7 Å². The largest absolute Gasteiger partial charge is 0.497 e. The zero-order valence-electron chi connectivity index (χ0n) is 17.7. The first-order chi connectivity index (χ1) is 15.3. The Morgan fingerprint density at radius 1 is 0.969 bits per heavy atom. The molecule has 0 aliphatic heterocycles. The Hall–Kier alpha value is -3.91. The number of ether oxygens (including phenoxy) is 1. The monoisotopic (exact) mass is 451 g/mol. The summed E-state index contributed by atoms with van der Waals surface area (Å²) in [5.41, 5.74) is 2.53. The highest BCUT2D eigenvalue weighted by atomic mass is 35.5. The van der Waals surface area contributed by atoms with Gasteiger partial charge in [0.25, 0.3) is 11.8 Å². The second-order valence-electron chi connectivity index (χ2n) is 6.82. The average molecular weight is 452 g/mol. The van der Waals surface area contributed by atoms with Crippen LogP contribution in [0.4, 0.5) is 17.2 Å². The third kappa shape index (κ3) is 5.22. The number of anilines is 3. The van der Waals surface area contributed by atoms with Crippen LogP contribution in [0.1, 0.15) is 33.2 Å². The fourth-order valence-corrected chi connectivity index (χ4v) is 3.06. The lowest BCUT2D eigenvalue weighted by atomic mass is 10.0. The van der Waals surface area contributed by atoms with E-state index in [1.54, 1.807) is 56.4 Å². The van der Waals surface area contributed by atoms with E-state index in [2.05, 4.69) is 20.9 Å². The molecule has 0 aliphatic rings. The fourth-order valence-electron chi connectivity index (χ4n) is 2.95. The Morgan fingerprint density at radius 3 is 2.34 bits per heavy atom. The van der Waals surface area contributed by atoms with Crippen LogP contribution in [0.15, 0.2) is 54.7 Å². The van der Waals surface area contributed by atoms with Crippen molar-refractivity contribution in [2.24, 2.45) is 0 Å². The summed E-state index contributed by atoms with van der Waals surface area (Å²) in [6.07, 6.45) is 1.42. The molecule has 3 rings (SSSR count). The van der Waals surface area contributed by atoms with E-state index in [1.165, 1.54) is 19.4 Å². The molecular formula is C23H22ClN5O3. The summed E-state index contributed by atoms with van der Waals surface area (Å²) >= 11 is 5.84. The summed E-state index contributed by atoms with van der Waals surface area (Å²) in [6, 6.07) is 13.0. The molecule has 0 atom stereocenters. The zero-order valence-corrected chi connectivity index (χ0v) is 18.5. The quantitative estimate of drug-likeness (QED) is 0.389. The van der Waals surface area contributed by atoms with Gasteiger partial charge >= 0.3 is 0 Å². The summed E-state index contributed by atoms with van der Waals surface area (Å²) in [6.45, 7) is 1.67. The van der Waals surface area contributed by atoms with E-state index in [0.29, 0.717) is 44.8 Å². The van der Waals surface area contributed by atoms with Gasteiger partial charge in [0, 0.05) is 24.6 Å². The van der Waals surface area contributed by atoms with E-state index < -0.39 is 11.8 Å². The Morgan fingerprint density at radius 2 is 1.72 bits per heavy atom. The molecule has 2 amide bonds. The lowest BCUT2D eigenvalue weighted by molar-refractivity contribution is 0.102. The highest BCUT2D eigenvalue weighted by Gasteiger charge is 2.18. The van der Waals surface area contributed by atoms with Crippen LogP contribution < -0.4 is 20.7 Å². The molecule has 8 nitrogen and oxygen atoms in total. The second kappa shape index (κ2) is 9.93. The van der Waals surface area contributed by atoms with E-state index >= 15 is 0 Å². The van der Waals surface area contributed by atoms with Crippen molar-refractivity contribution in [3.8, 4) is 5.75 Å². The minimum absolute atomic E-state index is 0.201. The normalized spacial score (nSPS) is 10.2. The van der Waals surface area contributed by atoms with Crippen molar-refractivity contribution in [2.75, 3.05) is 30.1 Å². The van der Waals surface area contributed by atoms with Crippen molar-refractivity contribution in [3.05, 3.63) is 76.4 Å². The standard InChI is InChI=1S/C23H22ClN5O3/c1-13(25)14-4-7-17(20(10-14)26-2)22(30)28-19-8-6-16(32-3)11-18(19)23(31)29-21-9-5-15(24)12-27-21/h4-12,25-26H,1-3H3,(H,28,30)(H,27,29,31). The van der Waals surface area contributed by atoms with Gasteiger partial charge in [0.2, 0.25) is 0 Å². The number of rotatable bonds is 7. The third-order valence-corrected chi connectivity index (χ3v) is 4.88. The molecule has 0 saturated heterocycles. The molecule has 164 valence electrons. The summed E-state index contributed by atoms with van der Waals surface area (Å²) in [4.78, 5) is 30.0. The predicted molar refractivity (Wildman–Crippen MR) is 127 cm³/mol. The number of amides is 2. The maximum absolute atomic E-state index is 13.0. The zero-order chi connectivity index (χ0) is 23.3. The molecule has 0 bridgehead atoms. The number of nitrogens with zero attached hydrogens (tertiary/aromatic N) is 1. The highest BCUT2D eigenvalue weighted by molar-refractivity contribution is 6.30. The van der Waals surface area contributed by atoms with Crippen molar-refractivity contribution < 1.29 is 14.3 Å². The first-order valence-corrected chi connectivity index (χ1v) is 9.99. The van der Waals surface area contributed by atoms with Crippen LogP contribution in [-0.4, -0.2) is 36.7 Å². The van der Waals surface area contributed by atoms with Crippen molar-refractivity contribution in [1.82, 2.24) is 4.98 Å². The number of halogens is 1. The summed E-state index contributed by atoms with van der Waals surface area (Å²) in [7, 11) is 3.18. The Balaban J connectivity index is 1.91. The minimum atomic E-state index is -0.474. The number of methoxy groups -OCH3 is 1. The maximum Gasteiger partial charge on any atom is 0.259 e. The number of pyridine rings is 1. The van der Waals surface area contributed by atoms with Gasteiger partial charge < -0.3 is 26.1 Å². The van der Waals surface area contributed by atoms with Gasteiger partial charge in [-0.15, -0.1) is 0 Å². The molecule has 1 aromatic heterocycles. The van der Waals surface area contributed by atoms with Gasteiger partial charge in [-0.2, -0.15) is 0 Å². The summed E-state index contributed by atoms with van der Waals surface area (Å²) in [5, 5.41) is 16.7. The van der Waals surface area contributed by atoms with Crippen molar-refractivity contribution in [3.63, 3.8) is 0 Å². The van der Waals surface area contributed by atoms with E-state index in [1.807, 2.05) is 0 Å².